The third-order valence-electron chi connectivity index (χ3n) is 6.12. The largest absolute Gasteiger partial charge is 0.395 e. The second-order valence-electron chi connectivity index (χ2n) is 8.30. The van der Waals surface area contributed by atoms with Gasteiger partial charge in [0.05, 0.1) is 11.5 Å². The number of benzene rings is 3. The average molecular weight is 449 g/mol. The van der Waals surface area contributed by atoms with Gasteiger partial charge in [-0.3, -0.25) is 19.8 Å². The Labute approximate surface area is 192 Å². The van der Waals surface area contributed by atoms with Gasteiger partial charge in [-0.15, -0.1) is 0 Å². The van der Waals surface area contributed by atoms with E-state index >= 15 is 0 Å². The molecule has 1 fully saturated rings. The number of nitrogens with one attached hydrogen (secondary N) is 1. The van der Waals surface area contributed by atoms with Crippen LogP contribution >= 0.6 is 0 Å². The van der Waals surface area contributed by atoms with Crippen LogP contribution in [0.25, 0.3) is 10.8 Å². The van der Waals surface area contributed by atoms with Crippen molar-refractivity contribution in [1.82, 2.24) is 15.1 Å². The summed E-state index contributed by atoms with van der Waals surface area (Å²) in [4.78, 5) is 27.6. The lowest BCUT2D eigenvalue weighted by Crippen LogP contribution is -2.52. The number of nitro benzene ring substituents is 1. The first-order valence-electron chi connectivity index (χ1n) is 11.1. The van der Waals surface area contributed by atoms with Crippen LogP contribution in [0.3, 0.4) is 0 Å². The maximum Gasteiger partial charge on any atom is 0.269 e. The molecule has 0 unspecified atom stereocenters. The standard InChI is InChI=1S/C25H28N4O4/c30-18-21(26-16-19-8-10-22(11-9-19)29(32)33)17-27-12-14-28(15-13-27)25(31)24-7-3-5-20-4-1-2-6-23(20)24/h1-11,21,26,30H,12-18H2/t21-/m1/s1. The normalized spacial score (nSPS) is 15.5. The van der Waals surface area contributed by atoms with Crippen molar-refractivity contribution in [3.63, 3.8) is 0 Å². The van der Waals surface area contributed by atoms with E-state index in [0.717, 1.165) is 35.0 Å². The topological polar surface area (TPSA) is 99.0 Å². The Hall–Kier alpha value is -3.33. The molecule has 33 heavy (non-hydrogen) atoms. The number of amides is 1. The van der Waals surface area contributed by atoms with Crippen molar-refractivity contribution in [3.05, 3.63) is 88.0 Å². The fourth-order valence-corrected chi connectivity index (χ4v) is 4.21. The van der Waals surface area contributed by atoms with Crippen LogP contribution in [0.15, 0.2) is 66.7 Å². The number of carbonyl (C=O) groups is 1. The molecular formula is C25H28N4O4. The molecule has 1 heterocycles. The summed E-state index contributed by atoms with van der Waals surface area (Å²) in [6.07, 6.45) is 0. The molecule has 4 rings (SSSR count). The van der Waals surface area contributed by atoms with Crippen molar-refractivity contribution in [3.8, 4) is 0 Å². The van der Waals surface area contributed by atoms with Gasteiger partial charge >= 0.3 is 0 Å². The molecule has 3 aromatic rings. The number of nitro groups is 1. The molecular weight excluding hydrogens is 420 g/mol. The summed E-state index contributed by atoms with van der Waals surface area (Å²) in [7, 11) is 0. The highest BCUT2D eigenvalue weighted by atomic mass is 16.6. The first-order chi connectivity index (χ1) is 16.0. The number of hydrogen-bond acceptors (Lipinski definition) is 6. The molecule has 1 atom stereocenters. The first-order valence-corrected chi connectivity index (χ1v) is 11.1. The van der Waals surface area contributed by atoms with Crippen molar-refractivity contribution in [2.75, 3.05) is 39.3 Å². The van der Waals surface area contributed by atoms with Crippen molar-refractivity contribution < 1.29 is 14.8 Å². The molecule has 172 valence electrons. The molecule has 1 amide bonds. The summed E-state index contributed by atoms with van der Waals surface area (Å²) < 4.78 is 0. The highest BCUT2D eigenvalue weighted by Gasteiger charge is 2.24. The van der Waals surface area contributed by atoms with E-state index < -0.39 is 4.92 Å². The van der Waals surface area contributed by atoms with Crippen LogP contribution in [0.4, 0.5) is 5.69 Å². The Bertz CT molecular complexity index is 1110. The van der Waals surface area contributed by atoms with Gasteiger partial charge in [0.15, 0.2) is 0 Å². The Morgan fingerprint density at radius 1 is 1.00 bits per heavy atom. The summed E-state index contributed by atoms with van der Waals surface area (Å²) in [5.41, 5.74) is 1.72. The van der Waals surface area contributed by atoms with Gasteiger partial charge in [0, 0.05) is 63.0 Å². The van der Waals surface area contributed by atoms with Gasteiger partial charge in [0.2, 0.25) is 0 Å². The minimum absolute atomic E-state index is 0.0118. The average Bonchev–Trinajstić information content (AvgIpc) is 2.86. The first kappa shape index (κ1) is 22.8. The second kappa shape index (κ2) is 10.5. The monoisotopic (exact) mass is 448 g/mol. The zero-order valence-corrected chi connectivity index (χ0v) is 18.4. The van der Waals surface area contributed by atoms with Gasteiger partial charge in [-0.25, -0.2) is 0 Å². The van der Waals surface area contributed by atoms with Crippen LogP contribution in [-0.2, 0) is 6.54 Å². The number of carbonyl (C=O) groups excluding carboxylic acids is 1. The molecule has 0 saturated carbocycles. The number of piperazine rings is 1. The molecule has 1 aliphatic rings. The third kappa shape index (κ3) is 5.54. The molecule has 8 heteroatoms. The Kier molecular flexibility index (Phi) is 7.29. The molecule has 1 aliphatic heterocycles. The lowest BCUT2D eigenvalue weighted by Gasteiger charge is -2.36. The van der Waals surface area contributed by atoms with Gasteiger partial charge in [0.25, 0.3) is 11.6 Å². The Morgan fingerprint density at radius 3 is 2.39 bits per heavy atom. The molecule has 3 aromatic carbocycles. The quantitative estimate of drug-likeness (QED) is 0.406. The minimum atomic E-state index is -0.418. The van der Waals surface area contributed by atoms with E-state index in [1.54, 1.807) is 12.1 Å². The van der Waals surface area contributed by atoms with Gasteiger partial charge in [-0.1, -0.05) is 48.5 Å². The van der Waals surface area contributed by atoms with Crippen molar-refractivity contribution >= 4 is 22.4 Å². The highest BCUT2D eigenvalue weighted by Crippen LogP contribution is 2.21. The molecule has 1 saturated heterocycles. The van der Waals surface area contributed by atoms with E-state index in [9.17, 15) is 20.0 Å². The van der Waals surface area contributed by atoms with Gasteiger partial charge in [0.1, 0.15) is 0 Å². The zero-order chi connectivity index (χ0) is 23.2. The van der Waals surface area contributed by atoms with Gasteiger partial charge < -0.3 is 15.3 Å². The smallest absolute Gasteiger partial charge is 0.269 e. The predicted octanol–water partition coefficient (Wildman–Crippen LogP) is 2.66. The number of nitrogens with zero attached hydrogens (tertiary/aromatic N) is 3. The van der Waals surface area contributed by atoms with Crippen LogP contribution in [0.5, 0.6) is 0 Å². The maximum absolute atomic E-state index is 13.1. The molecule has 2 N–H and O–H groups in total. The van der Waals surface area contributed by atoms with E-state index in [1.807, 2.05) is 47.4 Å². The fraction of sp³-hybridized carbons (Fsp3) is 0.320. The maximum atomic E-state index is 13.1. The van der Waals surface area contributed by atoms with Crippen LogP contribution in [0.2, 0.25) is 0 Å². The Balaban J connectivity index is 1.29. The van der Waals surface area contributed by atoms with Crippen molar-refractivity contribution in [2.24, 2.45) is 0 Å². The minimum Gasteiger partial charge on any atom is -0.395 e. The van der Waals surface area contributed by atoms with Crippen LogP contribution in [0, 0.1) is 10.1 Å². The van der Waals surface area contributed by atoms with Crippen molar-refractivity contribution in [1.29, 1.82) is 0 Å². The summed E-state index contributed by atoms with van der Waals surface area (Å²) in [5, 5.41) is 25.9. The van der Waals surface area contributed by atoms with Gasteiger partial charge in [-0.2, -0.15) is 0 Å². The summed E-state index contributed by atoms with van der Waals surface area (Å²) in [6, 6.07) is 20.0. The molecule has 8 nitrogen and oxygen atoms in total. The van der Waals surface area contributed by atoms with E-state index in [1.165, 1.54) is 12.1 Å². The van der Waals surface area contributed by atoms with E-state index in [-0.39, 0.29) is 24.2 Å². The fourth-order valence-electron chi connectivity index (χ4n) is 4.21. The summed E-state index contributed by atoms with van der Waals surface area (Å²) >= 11 is 0. The molecule has 0 aliphatic carbocycles. The lowest BCUT2D eigenvalue weighted by atomic mass is 10.0. The number of aliphatic hydroxyl groups excluding tert-OH is 1. The van der Waals surface area contributed by atoms with E-state index in [0.29, 0.717) is 26.2 Å². The van der Waals surface area contributed by atoms with E-state index in [2.05, 4.69) is 10.2 Å². The third-order valence-corrected chi connectivity index (χ3v) is 6.12. The molecule has 0 aromatic heterocycles. The summed E-state index contributed by atoms with van der Waals surface area (Å²) in [6.45, 7) is 3.94. The SMILES string of the molecule is O=C(c1cccc2ccccc12)N1CCN(C[C@H](CO)NCc2ccc([N+](=O)[O-])cc2)CC1. The van der Waals surface area contributed by atoms with Crippen molar-refractivity contribution in [2.45, 2.75) is 12.6 Å². The van der Waals surface area contributed by atoms with E-state index in [4.69, 9.17) is 0 Å². The van der Waals surface area contributed by atoms with Crippen LogP contribution < -0.4 is 5.32 Å². The Morgan fingerprint density at radius 2 is 1.70 bits per heavy atom. The van der Waals surface area contributed by atoms with Crippen LogP contribution in [0.1, 0.15) is 15.9 Å². The number of hydrogen-bond donors (Lipinski definition) is 2. The van der Waals surface area contributed by atoms with Crippen LogP contribution in [-0.4, -0.2) is 71.1 Å². The second-order valence-corrected chi connectivity index (χ2v) is 8.30. The molecule has 0 radical (unpaired) electrons. The highest BCUT2D eigenvalue weighted by molar-refractivity contribution is 6.07. The number of aliphatic hydroxyl groups is 1. The lowest BCUT2D eigenvalue weighted by molar-refractivity contribution is -0.384. The number of fused-ring (bicyclic) bond motifs is 1. The van der Waals surface area contributed by atoms with Gasteiger partial charge in [-0.05, 0) is 22.4 Å². The number of rotatable bonds is 8. The molecule has 0 bridgehead atoms. The predicted molar refractivity (Wildman–Crippen MR) is 127 cm³/mol. The molecule has 0 spiro atoms. The summed E-state index contributed by atoms with van der Waals surface area (Å²) in [5.74, 6) is 0.0569. The number of non-ortho nitro benzene ring substituents is 1. The zero-order valence-electron chi connectivity index (χ0n) is 18.4.